The highest BCUT2D eigenvalue weighted by Gasteiger charge is 2.06. The van der Waals surface area contributed by atoms with Gasteiger partial charge in [0.2, 0.25) is 0 Å². The molecule has 0 aliphatic carbocycles. The molecule has 3 nitrogen and oxygen atoms in total. The molecule has 96 valence electrons. The summed E-state index contributed by atoms with van der Waals surface area (Å²) in [6, 6.07) is 10.0. The average molecular weight is 310 g/mol. The minimum Gasteiger partial charge on any atom is -0.467 e. The molecule has 0 aliphatic heterocycles. The number of nitrogens with one attached hydrogen (secondary N) is 1. The first-order valence-electron chi connectivity index (χ1n) is 5.82. The van der Waals surface area contributed by atoms with Crippen LogP contribution in [-0.4, -0.2) is 7.05 Å². The number of hydrogen-bond acceptors (Lipinski definition) is 3. The Balaban J connectivity index is 1.88. The van der Waals surface area contributed by atoms with Gasteiger partial charge in [0.05, 0.1) is 12.9 Å². The highest BCUT2D eigenvalue weighted by atomic mass is 79.9. The summed E-state index contributed by atoms with van der Waals surface area (Å²) in [5.74, 6) is 0.886. The van der Waals surface area contributed by atoms with Crippen molar-refractivity contribution in [3.63, 3.8) is 0 Å². The summed E-state index contributed by atoms with van der Waals surface area (Å²) in [6.45, 7) is 1.86. The summed E-state index contributed by atoms with van der Waals surface area (Å²) in [5.41, 5.74) is 2.28. The maximum atomic E-state index is 5.68. The van der Waals surface area contributed by atoms with E-state index in [4.69, 9.17) is 9.15 Å². The van der Waals surface area contributed by atoms with Gasteiger partial charge < -0.3 is 14.5 Å². The van der Waals surface area contributed by atoms with Crippen molar-refractivity contribution in [2.45, 2.75) is 19.8 Å². The van der Waals surface area contributed by atoms with Crippen molar-refractivity contribution in [3.8, 4) is 0 Å². The van der Waals surface area contributed by atoms with Crippen LogP contribution in [-0.2, 0) is 24.5 Å². The lowest BCUT2D eigenvalue weighted by Crippen LogP contribution is -2.06. The maximum absolute atomic E-state index is 5.68. The van der Waals surface area contributed by atoms with E-state index in [0.717, 1.165) is 27.9 Å². The molecule has 0 bridgehead atoms. The molecule has 2 aromatic rings. The lowest BCUT2D eigenvalue weighted by atomic mass is 10.2. The molecule has 0 atom stereocenters. The van der Waals surface area contributed by atoms with Crippen LogP contribution >= 0.6 is 15.9 Å². The Bertz CT molecular complexity index is 496. The first kappa shape index (κ1) is 13.3. The molecule has 0 radical (unpaired) electrons. The second-order valence-electron chi connectivity index (χ2n) is 3.98. The van der Waals surface area contributed by atoms with Gasteiger partial charge in [0.1, 0.15) is 12.4 Å². The maximum Gasteiger partial charge on any atom is 0.133 e. The molecular formula is C14H16BrNO2. The number of furan rings is 1. The SMILES string of the molecule is CNCc1ccoc1COCc1ccccc1Br. The normalized spacial score (nSPS) is 10.8. The van der Waals surface area contributed by atoms with Crippen molar-refractivity contribution in [3.05, 3.63) is 58.0 Å². The highest BCUT2D eigenvalue weighted by Crippen LogP contribution is 2.18. The van der Waals surface area contributed by atoms with Gasteiger partial charge in [-0.3, -0.25) is 0 Å². The molecule has 0 saturated carbocycles. The predicted molar refractivity (Wildman–Crippen MR) is 74.1 cm³/mol. The molecule has 4 heteroatoms. The molecule has 0 spiro atoms. The van der Waals surface area contributed by atoms with Crippen molar-refractivity contribution in [2.75, 3.05) is 7.05 Å². The third-order valence-electron chi connectivity index (χ3n) is 2.65. The molecule has 0 unspecified atom stereocenters. The summed E-state index contributed by atoms with van der Waals surface area (Å²) in [6.07, 6.45) is 1.70. The van der Waals surface area contributed by atoms with Crippen molar-refractivity contribution in [2.24, 2.45) is 0 Å². The molecule has 1 heterocycles. The van der Waals surface area contributed by atoms with Gasteiger partial charge in [-0.15, -0.1) is 0 Å². The predicted octanol–water partition coefficient (Wildman–Crippen LogP) is 3.48. The van der Waals surface area contributed by atoms with Gasteiger partial charge in [-0.25, -0.2) is 0 Å². The largest absolute Gasteiger partial charge is 0.467 e. The number of halogens is 1. The van der Waals surface area contributed by atoms with Crippen LogP contribution in [0.2, 0.25) is 0 Å². The van der Waals surface area contributed by atoms with Crippen LogP contribution in [0.4, 0.5) is 0 Å². The van der Waals surface area contributed by atoms with Crippen molar-refractivity contribution in [1.29, 1.82) is 0 Å². The Morgan fingerprint density at radius 1 is 1.17 bits per heavy atom. The van der Waals surface area contributed by atoms with Gasteiger partial charge in [0.15, 0.2) is 0 Å². The van der Waals surface area contributed by atoms with E-state index < -0.39 is 0 Å². The zero-order valence-electron chi connectivity index (χ0n) is 10.3. The van der Waals surface area contributed by atoms with Crippen LogP contribution in [0, 0.1) is 0 Å². The van der Waals surface area contributed by atoms with Crippen LogP contribution in [0.1, 0.15) is 16.9 Å². The second-order valence-corrected chi connectivity index (χ2v) is 4.84. The molecule has 2 rings (SSSR count). The van der Waals surface area contributed by atoms with E-state index in [1.54, 1.807) is 6.26 Å². The number of ether oxygens (including phenoxy) is 1. The summed E-state index contributed by atoms with van der Waals surface area (Å²) in [4.78, 5) is 0. The Kier molecular flexibility index (Phi) is 4.99. The lowest BCUT2D eigenvalue weighted by Gasteiger charge is -2.06. The van der Waals surface area contributed by atoms with Gasteiger partial charge in [-0.05, 0) is 24.7 Å². The molecule has 0 aliphatic rings. The molecule has 1 aromatic heterocycles. The van der Waals surface area contributed by atoms with Gasteiger partial charge in [0, 0.05) is 16.6 Å². The smallest absolute Gasteiger partial charge is 0.133 e. The Labute approximate surface area is 115 Å². The van der Waals surface area contributed by atoms with Crippen molar-refractivity contribution < 1.29 is 9.15 Å². The number of benzene rings is 1. The fourth-order valence-corrected chi connectivity index (χ4v) is 2.11. The molecule has 1 aromatic carbocycles. The third kappa shape index (κ3) is 3.45. The molecular weight excluding hydrogens is 294 g/mol. The Hall–Kier alpha value is -1.10. The monoisotopic (exact) mass is 309 g/mol. The zero-order chi connectivity index (χ0) is 12.8. The molecule has 18 heavy (non-hydrogen) atoms. The molecule has 0 saturated heterocycles. The van der Waals surface area contributed by atoms with Crippen molar-refractivity contribution in [1.82, 2.24) is 5.32 Å². The standard InChI is InChI=1S/C14H16BrNO2/c1-16-8-11-6-7-18-14(11)10-17-9-12-4-2-3-5-13(12)15/h2-7,16H,8-10H2,1H3. The summed E-state index contributed by atoms with van der Waals surface area (Å²) in [7, 11) is 1.92. The van der Waals surface area contributed by atoms with Crippen LogP contribution < -0.4 is 5.32 Å². The highest BCUT2D eigenvalue weighted by molar-refractivity contribution is 9.10. The zero-order valence-corrected chi connectivity index (χ0v) is 11.9. The van der Waals surface area contributed by atoms with Crippen LogP contribution in [0.3, 0.4) is 0 Å². The molecule has 1 N–H and O–H groups in total. The van der Waals surface area contributed by atoms with E-state index in [2.05, 4.69) is 21.2 Å². The van der Waals surface area contributed by atoms with Crippen molar-refractivity contribution >= 4 is 15.9 Å². The van der Waals surface area contributed by atoms with E-state index >= 15 is 0 Å². The first-order chi connectivity index (χ1) is 8.81. The van der Waals surface area contributed by atoms with Gasteiger partial charge in [-0.1, -0.05) is 34.1 Å². The van der Waals surface area contributed by atoms with E-state index in [1.807, 2.05) is 37.4 Å². The van der Waals surface area contributed by atoms with Gasteiger partial charge in [-0.2, -0.15) is 0 Å². The fraction of sp³-hybridized carbons (Fsp3) is 0.286. The second kappa shape index (κ2) is 6.73. The minimum absolute atomic E-state index is 0.491. The van der Waals surface area contributed by atoms with E-state index in [9.17, 15) is 0 Å². The van der Waals surface area contributed by atoms with E-state index in [1.165, 1.54) is 0 Å². The average Bonchev–Trinajstić information content (AvgIpc) is 2.80. The van der Waals surface area contributed by atoms with Crippen LogP contribution in [0.5, 0.6) is 0 Å². The lowest BCUT2D eigenvalue weighted by molar-refractivity contribution is 0.0918. The molecule has 0 fully saturated rings. The molecule has 0 amide bonds. The Morgan fingerprint density at radius 3 is 2.78 bits per heavy atom. The Morgan fingerprint density at radius 2 is 2.00 bits per heavy atom. The van der Waals surface area contributed by atoms with E-state index in [-0.39, 0.29) is 0 Å². The number of hydrogen-bond donors (Lipinski definition) is 1. The fourth-order valence-electron chi connectivity index (χ4n) is 1.71. The summed E-state index contributed by atoms with van der Waals surface area (Å²) >= 11 is 3.50. The van der Waals surface area contributed by atoms with Crippen LogP contribution in [0.15, 0.2) is 45.5 Å². The minimum atomic E-state index is 0.491. The number of rotatable bonds is 6. The van der Waals surface area contributed by atoms with Gasteiger partial charge >= 0.3 is 0 Å². The van der Waals surface area contributed by atoms with Crippen LogP contribution in [0.25, 0.3) is 0 Å². The summed E-state index contributed by atoms with van der Waals surface area (Å²) < 4.78 is 12.2. The first-order valence-corrected chi connectivity index (χ1v) is 6.61. The van der Waals surface area contributed by atoms with Gasteiger partial charge in [0.25, 0.3) is 0 Å². The quantitative estimate of drug-likeness (QED) is 0.887. The third-order valence-corrected chi connectivity index (χ3v) is 3.43. The summed E-state index contributed by atoms with van der Waals surface area (Å²) in [5, 5.41) is 3.10. The van der Waals surface area contributed by atoms with E-state index in [0.29, 0.717) is 13.2 Å². The topological polar surface area (TPSA) is 34.4 Å².